The fraction of sp³-hybridized carbons (Fsp3) is 0.208. The largest absolute Gasteiger partial charge is 0.310 e. The van der Waals surface area contributed by atoms with Gasteiger partial charge in [-0.15, -0.1) is 11.3 Å². The zero-order valence-corrected chi connectivity index (χ0v) is 33.5. The predicted molar refractivity (Wildman–Crippen MR) is 238 cm³/mol. The summed E-state index contributed by atoms with van der Waals surface area (Å²) in [5.41, 5.74) is 17.3. The zero-order valence-electron chi connectivity index (χ0n) is 32.7. The van der Waals surface area contributed by atoms with Gasteiger partial charge in [0.15, 0.2) is 0 Å². The van der Waals surface area contributed by atoms with Gasteiger partial charge in [0.2, 0.25) is 0 Å². The number of hydrogen-bond acceptors (Lipinski definition) is 2. The van der Waals surface area contributed by atoms with Gasteiger partial charge in [-0.1, -0.05) is 151 Å². The minimum atomic E-state index is -0.198. The number of anilines is 3. The molecule has 1 aromatic heterocycles. The quantitative estimate of drug-likeness (QED) is 0.170. The van der Waals surface area contributed by atoms with E-state index in [9.17, 15) is 0 Å². The van der Waals surface area contributed by atoms with E-state index in [1.54, 1.807) is 0 Å². The molecule has 270 valence electrons. The first kappa shape index (κ1) is 34.1. The minimum Gasteiger partial charge on any atom is -0.310 e. The van der Waals surface area contributed by atoms with Gasteiger partial charge in [0.05, 0.1) is 5.69 Å². The molecule has 0 N–H and O–H groups in total. The van der Waals surface area contributed by atoms with Crippen LogP contribution in [0.2, 0.25) is 0 Å². The van der Waals surface area contributed by atoms with E-state index in [4.69, 9.17) is 0 Å². The summed E-state index contributed by atoms with van der Waals surface area (Å²) in [6.07, 6.45) is 2.42. The van der Waals surface area contributed by atoms with E-state index in [0.717, 1.165) is 11.4 Å². The molecule has 0 saturated heterocycles. The predicted octanol–water partition coefficient (Wildman–Crippen LogP) is 15.5. The Morgan fingerprint density at radius 3 is 1.85 bits per heavy atom. The van der Waals surface area contributed by atoms with Crippen LogP contribution in [-0.4, -0.2) is 0 Å². The van der Waals surface area contributed by atoms with E-state index in [-0.39, 0.29) is 16.2 Å². The summed E-state index contributed by atoms with van der Waals surface area (Å²) in [7, 11) is 0. The third kappa shape index (κ3) is 5.33. The third-order valence-corrected chi connectivity index (χ3v) is 14.1. The highest BCUT2D eigenvalue weighted by atomic mass is 32.1. The van der Waals surface area contributed by atoms with Gasteiger partial charge in [-0.3, -0.25) is 0 Å². The van der Waals surface area contributed by atoms with E-state index in [1.807, 2.05) is 11.3 Å². The molecule has 0 fully saturated rings. The van der Waals surface area contributed by atoms with Crippen molar-refractivity contribution >= 4 is 48.6 Å². The van der Waals surface area contributed by atoms with Gasteiger partial charge < -0.3 is 4.90 Å². The summed E-state index contributed by atoms with van der Waals surface area (Å²) < 4.78 is 2.67. The number of nitrogens with zero attached hydrogens (tertiary/aromatic N) is 1. The summed E-state index contributed by atoms with van der Waals surface area (Å²) in [6.45, 7) is 14.7. The molecule has 0 aliphatic heterocycles. The SMILES string of the molecule is CC1(C)CCC(C)(C)c2cc3c(cc21)-c1cccc(N(c2ccc(-c4ccccc4)cc2)c2cccc(-c4cccc5c4sc4ccccc45)c2)c1C3(C)C. The lowest BCUT2D eigenvalue weighted by Gasteiger charge is -2.42. The lowest BCUT2D eigenvalue weighted by molar-refractivity contribution is 0.331. The maximum absolute atomic E-state index is 2.60. The molecule has 0 unspecified atom stereocenters. The molecule has 1 heterocycles. The van der Waals surface area contributed by atoms with Crippen molar-refractivity contribution in [3.63, 3.8) is 0 Å². The second-order valence-electron chi connectivity index (χ2n) is 17.6. The van der Waals surface area contributed by atoms with Crippen molar-refractivity contribution in [2.75, 3.05) is 4.90 Å². The Labute approximate surface area is 329 Å². The van der Waals surface area contributed by atoms with Crippen LogP contribution in [0.3, 0.4) is 0 Å². The van der Waals surface area contributed by atoms with E-state index >= 15 is 0 Å². The summed E-state index contributed by atoms with van der Waals surface area (Å²) in [5, 5.41) is 2.65. The van der Waals surface area contributed by atoms with Crippen LogP contribution >= 0.6 is 11.3 Å². The van der Waals surface area contributed by atoms with E-state index in [0.29, 0.717) is 0 Å². The highest BCUT2D eigenvalue weighted by Crippen LogP contribution is 2.58. The fourth-order valence-electron chi connectivity index (χ4n) is 9.74. The number of thiophene rings is 1. The molecule has 0 spiro atoms. The van der Waals surface area contributed by atoms with Crippen LogP contribution in [0.15, 0.2) is 152 Å². The molecule has 2 aliphatic rings. The summed E-state index contributed by atoms with van der Waals surface area (Å²) >= 11 is 1.89. The Morgan fingerprint density at radius 2 is 1.07 bits per heavy atom. The van der Waals surface area contributed by atoms with Gasteiger partial charge in [0, 0.05) is 37.0 Å². The van der Waals surface area contributed by atoms with Gasteiger partial charge in [-0.2, -0.15) is 0 Å². The molecular formula is C53H47NS. The minimum absolute atomic E-state index is 0.147. The molecular weight excluding hydrogens is 683 g/mol. The Kier molecular flexibility index (Phi) is 7.61. The van der Waals surface area contributed by atoms with Gasteiger partial charge >= 0.3 is 0 Å². The van der Waals surface area contributed by atoms with Crippen LogP contribution in [0.1, 0.15) is 76.6 Å². The topological polar surface area (TPSA) is 3.24 Å². The number of fused-ring (bicyclic) bond motifs is 7. The number of rotatable bonds is 5. The van der Waals surface area contributed by atoms with Crippen LogP contribution < -0.4 is 4.90 Å². The maximum Gasteiger partial charge on any atom is 0.0508 e. The Balaban J connectivity index is 1.18. The lowest BCUT2D eigenvalue weighted by Crippen LogP contribution is -2.34. The van der Waals surface area contributed by atoms with Crippen LogP contribution in [0.4, 0.5) is 17.1 Å². The molecule has 0 bridgehead atoms. The summed E-state index contributed by atoms with van der Waals surface area (Å²) in [4.78, 5) is 2.52. The first-order valence-electron chi connectivity index (χ1n) is 19.8. The first-order valence-corrected chi connectivity index (χ1v) is 20.6. The molecule has 10 rings (SSSR count). The van der Waals surface area contributed by atoms with Gasteiger partial charge in [-0.25, -0.2) is 0 Å². The molecule has 0 radical (unpaired) electrons. The van der Waals surface area contributed by atoms with Crippen LogP contribution in [-0.2, 0) is 16.2 Å². The maximum atomic E-state index is 2.60. The normalized spacial score (nSPS) is 16.1. The van der Waals surface area contributed by atoms with E-state index in [1.165, 1.54) is 94.3 Å². The first-order chi connectivity index (χ1) is 26.5. The second-order valence-corrected chi connectivity index (χ2v) is 18.7. The molecule has 2 aliphatic carbocycles. The smallest absolute Gasteiger partial charge is 0.0508 e. The Morgan fingerprint density at radius 1 is 0.455 bits per heavy atom. The molecule has 8 aromatic rings. The van der Waals surface area contributed by atoms with Crippen LogP contribution in [0.25, 0.3) is 53.6 Å². The Hall–Kier alpha value is -5.44. The fourth-order valence-corrected chi connectivity index (χ4v) is 11.0. The monoisotopic (exact) mass is 729 g/mol. The zero-order chi connectivity index (χ0) is 37.7. The van der Waals surface area contributed by atoms with Crippen molar-refractivity contribution in [3.05, 3.63) is 174 Å². The molecule has 55 heavy (non-hydrogen) atoms. The highest BCUT2D eigenvalue weighted by molar-refractivity contribution is 7.26. The third-order valence-electron chi connectivity index (χ3n) is 12.9. The average molecular weight is 730 g/mol. The van der Waals surface area contributed by atoms with Crippen molar-refractivity contribution < 1.29 is 0 Å². The van der Waals surface area contributed by atoms with Crippen molar-refractivity contribution in [1.29, 1.82) is 0 Å². The summed E-state index contributed by atoms with van der Waals surface area (Å²) in [6, 6.07) is 56.8. The van der Waals surface area contributed by atoms with Gasteiger partial charge in [0.1, 0.15) is 0 Å². The second kappa shape index (κ2) is 12.3. The Bertz CT molecular complexity index is 2780. The number of benzene rings is 7. The van der Waals surface area contributed by atoms with E-state index < -0.39 is 0 Å². The molecule has 0 amide bonds. The summed E-state index contributed by atoms with van der Waals surface area (Å²) in [5.74, 6) is 0. The standard InChI is InChI=1S/C53H47NS/c1-51(2)29-30-52(3,4)46-33-44-43(32-45(46)51)41-21-14-23-47(49(41)53(44,5)6)54(37-27-25-35(26-28-37)34-15-8-7-9-16-34)38-18-12-17-36(31-38)39-20-13-22-42-40-19-10-11-24-48(40)55-50(39)42/h7-28,31-33H,29-30H2,1-6H3. The van der Waals surface area contributed by atoms with Crippen molar-refractivity contribution in [2.24, 2.45) is 0 Å². The van der Waals surface area contributed by atoms with Gasteiger partial charge in [-0.05, 0) is 122 Å². The molecule has 2 heteroatoms. The van der Waals surface area contributed by atoms with E-state index in [2.05, 4.69) is 198 Å². The van der Waals surface area contributed by atoms with Crippen LogP contribution in [0, 0.1) is 0 Å². The van der Waals surface area contributed by atoms with Gasteiger partial charge in [0.25, 0.3) is 0 Å². The number of hydrogen-bond donors (Lipinski definition) is 0. The average Bonchev–Trinajstić information content (AvgIpc) is 3.69. The molecule has 0 atom stereocenters. The molecule has 1 nitrogen and oxygen atoms in total. The van der Waals surface area contributed by atoms with Crippen molar-refractivity contribution in [1.82, 2.24) is 0 Å². The molecule has 0 saturated carbocycles. The lowest BCUT2D eigenvalue weighted by atomic mass is 9.62. The van der Waals surface area contributed by atoms with Crippen LogP contribution in [0.5, 0.6) is 0 Å². The van der Waals surface area contributed by atoms with Crippen molar-refractivity contribution in [2.45, 2.75) is 70.6 Å². The molecule has 7 aromatic carbocycles. The highest BCUT2D eigenvalue weighted by Gasteiger charge is 2.44. The van der Waals surface area contributed by atoms with Crippen molar-refractivity contribution in [3.8, 4) is 33.4 Å².